The van der Waals surface area contributed by atoms with Gasteiger partial charge >= 0.3 is 0 Å². The highest BCUT2D eigenvalue weighted by molar-refractivity contribution is 6.03. The second-order valence-electron chi connectivity index (χ2n) is 2.11. The molecule has 0 saturated heterocycles. The van der Waals surface area contributed by atoms with Crippen molar-refractivity contribution in [3.63, 3.8) is 0 Å². The first-order valence-corrected chi connectivity index (χ1v) is 3.20. The second kappa shape index (κ2) is 3.11. The number of nitrogens with zero attached hydrogens (tertiary/aromatic N) is 1. The molecule has 10 heavy (non-hydrogen) atoms. The van der Waals surface area contributed by atoms with Crippen LogP contribution in [0.1, 0.15) is 13.3 Å². The number of hydrogen-bond acceptors (Lipinski definition) is 1. The summed E-state index contributed by atoms with van der Waals surface area (Å²) in [6, 6.07) is 0. The zero-order valence-electron chi connectivity index (χ0n) is 5.87. The van der Waals surface area contributed by atoms with Crippen molar-refractivity contribution in [2.75, 3.05) is 0 Å². The Morgan fingerprint density at radius 3 is 2.90 bits per heavy atom. The Labute approximate surface area is 60.0 Å². The lowest BCUT2D eigenvalue weighted by Gasteiger charge is -1.97. The maximum atomic E-state index is 10.5. The molecule has 0 bridgehead atoms. The van der Waals surface area contributed by atoms with Gasteiger partial charge < -0.3 is 0 Å². The standard InChI is InChI=1S/C8H9NO/c1-7(10)9-8-5-3-2-4-6-8/h2-5H,6H2,1H3. The van der Waals surface area contributed by atoms with Gasteiger partial charge in [0.05, 0.1) is 0 Å². The monoisotopic (exact) mass is 135 g/mol. The van der Waals surface area contributed by atoms with E-state index in [0.717, 1.165) is 12.1 Å². The molecule has 0 saturated carbocycles. The van der Waals surface area contributed by atoms with E-state index in [0.29, 0.717) is 0 Å². The van der Waals surface area contributed by atoms with Gasteiger partial charge in [-0.2, -0.15) is 0 Å². The molecular formula is C8H9NO. The molecule has 0 N–H and O–H groups in total. The van der Waals surface area contributed by atoms with E-state index < -0.39 is 0 Å². The maximum absolute atomic E-state index is 10.5. The summed E-state index contributed by atoms with van der Waals surface area (Å²) in [6.07, 6.45) is 8.42. The van der Waals surface area contributed by atoms with Gasteiger partial charge in [0.15, 0.2) is 0 Å². The highest BCUT2D eigenvalue weighted by Gasteiger charge is 1.95. The fraction of sp³-hybridized carbons (Fsp3) is 0.250. The predicted octanol–water partition coefficient (Wildman–Crippen LogP) is 1.49. The van der Waals surface area contributed by atoms with Crippen LogP contribution >= 0.6 is 0 Å². The van der Waals surface area contributed by atoms with Crippen LogP contribution in [0.2, 0.25) is 0 Å². The molecule has 2 heteroatoms. The van der Waals surface area contributed by atoms with Gasteiger partial charge in [-0.3, -0.25) is 4.79 Å². The Morgan fingerprint density at radius 1 is 1.60 bits per heavy atom. The number of amides is 1. The molecule has 0 radical (unpaired) electrons. The van der Waals surface area contributed by atoms with Crippen molar-refractivity contribution in [2.45, 2.75) is 13.3 Å². The molecule has 0 spiro atoms. The van der Waals surface area contributed by atoms with Crippen LogP contribution in [0.15, 0.2) is 29.3 Å². The molecule has 0 fully saturated rings. The molecule has 0 aromatic rings. The first kappa shape index (κ1) is 6.93. The smallest absolute Gasteiger partial charge is 0.242 e. The molecule has 1 aliphatic rings. The van der Waals surface area contributed by atoms with Gasteiger partial charge in [0, 0.05) is 19.1 Å². The molecule has 0 heterocycles. The summed E-state index contributed by atoms with van der Waals surface area (Å²) < 4.78 is 0. The van der Waals surface area contributed by atoms with Gasteiger partial charge in [0.2, 0.25) is 5.91 Å². The SMILES string of the molecule is CC(=O)N=C1C=CC=CC1. The van der Waals surface area contributed by atoms with E-state index in [1.165, 1.54) is 6.92 Å². The molecule has 0 aromatic carbocycles. The summed E-state index contributed by atoms with van der Waals surface area (Å²) in [7, 11) is 0. The number of carbonyl (C=O) groups is 1. The van der Waals surface area contributed by atoms with Crippen LogP contribution in [-0.4, -0.2) is 11.6 Å². The minimum Gasteiger partial charge on any atom is -0.273 e. The molecule has 2 nitrogen and oxygen atoms in total. The fourth-order valence-electron chi connectivity index (χ4n) is 0.787. The summed E-state index contributed by atoms with van der Waals surface area (Å²) in [6.45, 7) is 1.46. The van der Waals surface area contributed by atoms with Crippen molar-refractivity contribution in [3.8, 4) is 0 Å². The van der Waals surface area contributed by atoms with E-state index in [9.17, 15) is 4.79 Å². The Kier molecular flexibility index (Phi) is 2.15. The summed E-state index contributed by atoms with van der Waals surface area (Å²) in [4.78, 5) is 14.2. The molecule has 52 valence electrons. The van der Waals surface area contributed by atoms with Crippen LogP contribution in [0.5, 0.6) is 0 Å². The molecule has 1 aliphatic carbocycles. The second-order valence-corrected chi connectivity index (χ2v) is 2.11. The molecule has 1 amide bonds. The molecule has 1 rings (SSSR count). The van der Waals surface area contributed by atoms with Crippen molar-refractivity contribution >= 4 is 11.6 Å². The van der Waals surface area contributed by atoms with Gasteiger partial charge in [0.1, 0.15) is 0 Å². The normalized spacial score (nSPS) is 19.9. The van der Waals surface area contributed by atoms with Crippen molar-refractivity contribution < 1.29 is 4.79 Å². The lowest BCUT2D eigenvalue weighted by atomic mass is 10.1. The third kappa shape index (κ3) is 1.97. The number of carbonyl (C=O) groups excluding carboxylic acids is 1. The van der Waals surface area contributed by atoms with Crippen molar-refractivity contribution in [1.29, 1.82) is 0 Å². The van der Waals surface area contributed by atoms with Crippen molar-refractivity contribution in [1.82, 2.24) is 0 Å². The Bertz CT molecular complexity index is 223. The van der Waals surface area contributed by atoms with E-state index in [1.807, 2.05) is 24.3 Å². The van der Waals surface area contributed by atoms with Crippen LogP contribution in [-0.2, 0) is 4.79 Å². The Hall–Kier alpha value is -1.18. The van der Waals surface area contributed by atoms with E-state index >= 15 is 0 Å². The first-order valence-electron chi connectivity index (χ1n) is 3.20. The van der Waals surface area contributed by atoms with Gasteiger partial charge in [-0.25, -0.2) is 4.99 Å². The summed E-state index contributed by atoms with van der Waals surface area (Å²) in [5.41, 5.74) is 0.843. The zero-order chi connectivity index (χ0) is 7.40. The van der Waals surface area contributed by atoms with Crippen LogP contribution in [0, 0.1) is 0 Å². The molecule has 0 aromatic heterocycles. The van der Waals surface area contributed by atoms with E-state index in [4.69, 9.17) is 0 Å². The van der Waals surface area contributed by atoms with E-state index in [2.05, 4.69) is 4.99 Å². The third-order valence-electron chi connectivity index (χ3n) is 1.16. The number of rotatable bonds is 0. The van der Waals surface area contributed by atoms with Crippen LogP contribution in [0.3, 0.4) is 0 Å². The van der Waals surface area contributed by atoms with Gasteiger partial charge in [-0.05, 0) is 6.08 Å². The van der Waals surface area contributed by atoms with Crippen molar-refractivity contribution in [3.05, 3.63) is 24.3 Å². The van der Waals surface area contributed by atoms with E-state index in [1.54, 1.807) is 0 Å². The number of hydrogen-bond donors (Lipinski definition) is 0. The molecule has 0 aliphatic heterocycles. The van der Waals surface area contributed by atoms with Crippen molar-refractivity contribution in [2.24, 2.45) is 4.99 Å². The van der Waals surface area contributed by atoms with Gasteiger partial charge in [0.25, 0.3) is 0 Å². The van der Waals surface area contributed by atoms with Gasteiger partial charge in [-0.15, -0.1) is 0 Å². The minimum atomic E-state index is -0.130. The van der Waals surface area contributed by atoms with Gasteiger partial charge in [-0.1, -0.05) is 18.2 Å². The van der Waals surface area contributed by atoms with E-state index in [-0.39, 0.29) is 5.91 Å². The molecule has 0 atom stereocenters. The average Bonchev–Trinajstić information content (AvgIpc) is 1.88. The first-order chi connectivity index (χ1) is 4.79. The average molecular weight is 135 g/mol. The number of aliphatic imine (C=N–C) groups is 1. The lowest BCUT2D eigenvalue weighted by Crippen LogP contribution is -1.97. The lowest BCUT2D eigenvalue weighted by molar-refractivity contribution is -0.115. The Morgan fingerprint density at radius 2 is 2.40 bits per heavy atom. The summed E-state index contributed by atoms with van der Waals surface area (Å²) in [5, 5.41) is 0. The highest BCUT2D eigenvalue weighted by atomic mass is 16.1. The topological polar surface area (TPSA) is 29.4 Å². The largest absolute Gasteiger partial charge is 0.273 e. The van der Waals surface area contributed by atoms with Crippen LogP contribution in [0.25, 0.3) is 0 Å². The molecular weight excluding hydrogens is 126 g/mol. The fourth-order valence-corrected chi connectivity index (χ4v) is 0.787. The van der Waals surface area contributed by atoms with Crippen LogP contribution in [0.4, 0.5) is 0 Å². The quantitative estimate of drug-likeness (QED) is 0.494. The highest BCUT2D eigenvalue weighted by Crippen LogP contribution is 1.98. The summed E-state index contributed by atoms with van der Waals surface area (Å²) in [5.74, 6) is -0.130. The zero-order valence-corrected chi connectivity index (χ0v) is 5.87. The summed E-state index contributed by atoms with van der Waals surface area (Å²) >= 11 is 0. The Balaban J connectivity index is 2.67. The third-order valence-corrected chi connectivity index (χ3v) is 1.16. The predicted molar refractivity (Wildman–Crippen MR) is 41.0 cm³/mol. The molecule has 0 unspecified atom stereocenters. The van der Waals surface area contributed by atoms with Crippen LogP contribution < -0.4 is 0 Å². The maximum Gasteiger partial charge on any atom is 0.242 e. The minimum absolute atomic E-state index is 0.130. The number of allylic oxidation sites excluding steroid dienone is 4.